The smallest absolute Gasteiger partial charge is 0.0473 e. The molecule has 0 amide bonds. The SMILES string of the molecule is CSCCCOCCC1CCCNC1. The number of ether oxygens (including phenoxy) is 1. The predicted molar refractivity (Wildman–Crippen MR) is 64.0 cm³/mol. The minimum atomic E-state index is 0.865. The maximum atomic E-state index is 5.60. The predicted octanol–water partition coefficient (Wildman–Crippen LogP) is 2.15. The summed E-state index contributed by atoms with van der Waals surface area (Å²) in [5.41, 5.74) is 0. The van der Waals surface area contributed by atoms with Crippen LogP contribution in [0.3, 0.4) is 0 Å². The van der Waals surface area contributed by atoms with Crippen molar-refractivity contribution in [1.82, 2.24) is 5.32 Å². The van der Waals surface area contributed by atoms with Crippen LogP contribution in [0.5, 0.6) is 0 Å². The van der Waals surface area contributed by atoms with Gasteiger partial charge in [-0.05, 0) is 56.7 Å². The number of hydrogen-bond donors (Lipinski definition) is 1. The Morgan fingerprint density at radius 3 is 3.07 bits per heavy atom. The first-order chi connectivity index (χ1) is 6.93. The van der Waals surface area contributed by atoms with Gasteiger partial charge in [0.05, 0.1) is 0 Å². The van der Waals surface area contributed by atoms with Crippen molar-refractivity contribution < 1.29 is 4.74 Å². The zero-order chi connectivity index (χ0) is 10.1. The molecule has 1 saturated heterocycles. The van der Waals surface area contributed by atoms with Gasteiger partial charge in [0.2, 0.25) is 0 Å². The largest absolute Gasteiger partial charge is 0.381 e. The second-order valence-electron chi connectivity index (χ2n) is 3.96. The molecule has 0 aromatic rings. The van der Waals surface area contributed by atoms with E-state index < -0.39 is 0 Å². The summed E-state index contributed by atoms with van der Waals surface area (Å²) >= 11 is 1.90. The molecule has 2 nitrogen and oxygen atoms in total. The summed E-state index contributed by atoms with van der Waals surface area (Å²) < 4.78 is 5.60. The number of hydrogen-bond acceptors (Lipinski definition) is 3. The van der Waals surface area contributed by atoms with Crippen LogP contribution in [0, 0.1) is 5.92 Å². The molecule has 84 valence electrons. The Labute approximate surface area is 92.2 Å². The highest BCUT2D eigenvalue weighted by Gasteiger charge is 2.11. The monoisotopic (exact) mass is 217 g/mol. The number of rotatable bonds is 7. The lowest BCUT2D eigenvalue weighted by molar-refractivity contribution is 0.117. The molecule has 3 heteroatoms. The first-order valence-electron chi connectivity index (χ1n) is 5.71. The molecule has 14 heavy (non-hydrogen) atoms. The summed E-state index contributed by atoms with van der Waals surface area (Å²) in [6, 6.07) is 0. The quantitative estimate of drug-likeness (QED) is 0.660. The highest BCUT2D eigenvalue weighted by atomic mass is 32.2. The van der Waals surface area contributed by atoms with Gasteiger partial charge in [-0.1, -0.05) is 0 Å². The van der Waals surface area contributed by atoms with Crippen LogP contribution in [-0.4, -0.2) is 38.3 Å². The van der Waals surface area contributed by atoms with Crippen LogP contribution in [0.4, 0.5) is 0 Å². The fourth-order valence-corrected chi connectivity index (χ4v) is 2.23. The Balaban J connectivity index is 1.82. The average molecular weight is 217 g/mol. The average Bonchev–Trinajstić information content (AvgIpc) is 2.25. The second-order valence-corrected chi connectivity index (χ2v) is 4.95. The molecular weight excluding hydrogens is 194 g/mol. The number of thioether (sulfide) groups is 1. The van der Waals surface area contributed by atoms with Gasteiger partial charge < -0.3 is 10.1 Å². The molecule has 0 aromatic carbocycles. The van der Waals surface area contributed by atoms with E-state index in [9.17, 15) is 0 Å². The van der Waals surface area contributed by atoms with Crippen molar-refractivity contribution >= 4 is 11.8 Å². The lowest BCUT2D eigenvalue weighted by Crippen LogP contribution is -2.30. The highest BCUT2D eigenvalue weighted by molar-refractivity contribution is 7.98. The Morgan fingerprint density at radius 1 is 1.43 bits per heavy atom. The minimum Gasteiger partial charge on any atom is -0.381 e. The Bertz CT molecular complexity index is 126. The fourth-order valence-electron chi connectivity index (χ4n) is 1.83. The fraction of sp³-hybridized carbons (Fsp3) is 1.00. The van der Waals surface area contributed by atoms with Crippen molar-refractivity contribution in [2.24, 2.45) is 5.92 Å². The van der Waals surface area contributed by atoms with E-state index in [4.69, 9.17) is 4.74 Å². The second kappa shape index (κ2) is 8.57. The summed E-state index contributed by atoms with van der Waals surface area (Å²) in [4.78, 5) is 0. The van der Waals surface area contributed by atoms with Gasteiger partial charge in [-0.15, -0.1) is 0 Å². The summed E-state index contributed by atoms with van der Waals surface area (Å²) in [7, 11) is 0. The Hall–Kier alpha value is 0.270. The van der Waals surface area contributed by atoms with Crippen molar-refractivity contribution in [2.45, 2.75) is 25.7 Å². The van der Waals surface area contributed by atoms with Crippen molar-refractivity contribution in [2.75, 3.05) is 38.3 Å². The molecule has 1 aliphatic rings. The van der Waals surface area contributed by atoms with Crippen LogP contribution in [0.15, 0.2) is 0 Å². The topological polar surface area (TPSA) is 21.3 Å². The normalized spacial score (nSPS) is 22.5. The lowest BCUT2D eigenvalue weighted by atomic mass is 9.97. The van der Waals surface area contributed by atoms with E-state index in [1.165, 1.54) is 44.5 Å². The van der Waals surface area contributed by atoms with Crippen LogP contribution in [0.25, 0.3) is 0 Å². The van der Waals surface area contributed by atoms with Crippen molar-refractivity contribution in [3.05, 3.63) is 0 Å². The summed E-state index contributed by atoms with van der Waals surface area (Å²) in [5, 5.41) is 3.44. The summed E-state index contributed by atoms with van der Waals surface area (Å²) in [6.07, 6.45) is 7.32. The minimum absolute atomic E-state index is 0.865. The van der Waals surface area contributed by atoms with E-state index in [1.807, 2.05) is 11.8 Å². The van der Waals surface area contributed by atoms with Gasteiger partial charge in [-0.2, -0.15) is 11.8 Å². The van der Waals surface area contributed by atoms with Crippen molar-refractivity contribution in [3.8, 4) is 0 Å². The van der Waals surface area contributed by atoms with Gasteiger partial charge in [0.1, 0.15) is 0 Å². The zero-order valence-corrected chi connectivity index (χ0v) is 10.1. The first-order valence-corrected chi connectivity index (χ1v) is 7.10. The van der Waals surface area contributed by atoms with E-state index in [2.05, 4.69) is 11.6 Å². The van der Waals surface area contributed by atoms with Crippen LogP contribution in [-0.2, 0) is 4.74 Å². The standard InChI is InChI=1S/C11H23NOS/c1-14-9-3-7-13-8-5-11-4-2-6-12-10-11/h11-12H,2-10H2,1H3. The van der Waals surface area contributed by atoms with Gasteiger partial charge in [-0.3, -0.25) is 0 Å². The maximum Gasteiger partial charge on any atom is 0.0473 e. The molecule has 1 aliphatic heterocycles. The van der Waals surface area contributed by atoms with Gasteiger partial charge in [0.25, 0.3) is 0 Å². The molecule has 1 unspecified atom stereocenters. The van der Waals surface area contributed by atoms with Crippen molar-refractivity contribution in [1.29, 1.82) is 0 Å². The molecule has 0 aromatic heterocycles. The van der Waals surface area contributed by atoms with E-state index >= 15 is 0 Å². The molecule has 0 radical (unpaired) electrons. The maximum absolute atomic E-state index is 5.60. The Kier molecular flexibility index (Phi) is 7.55. The van der Waals surface area contributed by atoms with Crippen LogP contribution in [0.1, 0.15) is 25.7 Å². The molecular formula is C11H23NOS. The van der Waals surface area contributed by atoms with Crippen LogP contribution in [0.2, 0.25) is 0 Å². The van der Waals surface area contributed by atoms with E-state index in [0.29, 0.717) is 0 Å². The van der Waals surface area contributed by atoms with E-state index in [1.54, 1.807) is 0 Å². The molecule has 1 heterocycles. The molecule has 1 atom stereocenters. The molecule has 1 rings (SSSR count). The Morgan fingerprint density at radius 2 is 2.36 bits per heavy atom. The first kappa shape index (κ1) is 12.3. The van der Waals surface area contributed by atoms with Gasteiger partial charge >= 0.3 is 0 Å². The zero-order valence-electron chi connectivity index (χ0n) is 9.26. The van der Waals surface area contributed by atoms with E-state index in [-0.39, 0.29) is 0 Å². The van der Waals surface area contributed by atoms with Gasteiger partial charge in [-0.25, -0.2) is 0 Å². The van der Waals surface area contributed by atoms with Crippen LogP contribution >= 0.6 is 11.8 Å². The molecule has 1 N–H and O–H groups in total. The number of piperidine rings is 1. The molecule has 0 aliphatic carbocycles. The van der Waals surface area contributed by atoms with Crippen molar-refractivity contribution in [3.63, 3.8) is 0 Å². The highest BCUT2D eigenvalue weighted by Crippen LogP contribution is 2.13. The van der Waals surface area contributed by atoms with E-state index in [0.717, 1.165) is 19.1 Å². The molecule has 0 bridgehead atoms. The lowest BCUT2D eigenvalue weighted by Gasteiger charge is -2.22. The third kappa shape index (κ3) is 5.89. The third-order valence-corrected chi connectivity index (χ3v) is 3.40. The summed E-state index contributed by atoms with van der Waals surface area (Å²) in [5.74, 6) is 2.09. The van der Waals surface area contributed by atoms with Crippen LogP contribution < -0.4 is 5.32 Å². The van der Waals surface area contributed by atoms with Gasteiger partial charge in [0, 0.05) is 13.2 Å². The molecule has 1 fully saturated rings. The summed E-state index contributed by atoms with van der Waals surface area (Å²) in [6.45, 7) is 4.32. The van der Waals surface area contributed by atoms with Gasteiger partial charge in [0.15, 0.2) is 0 Å². The third-order valence-electron chi connectivity index (χ3n) is 2.71. The molecule has 0 spiro atoms. The molecule has 0 saturated carbocycles. The number of nitrogens with one attached hydrogen (secondary N) is 1.